The SMILES string of the molecule is O=C(C=Cc1cc(O)ccc1O)c1cncc(F)c1. The number of benzene rings is 1. The summed E-state index contributed by atoms with van der Waals surface area (Å²) < 4.78 is 12.9. The smallest absolute Gasteiger partial charge is 0.187 e. The van der Waals surface area contributed by atoms with Gasteiger partial charge in [-0.1, -0.05) is 0 Å². The van der Waals surface area contributed by atoms with Crippen LogP contribution in [0.25, 0.3) is 6.08 Å². The fourth-order valence-electron chi connectivity index (χ4n) is 1.48. The fourth-order valence-corrected chi connectivity index (χ4v) is 1.48. The molecule has 0 aliphatic rings. The number of allylic oxidation sites excluding steroid dienone is 1. The Labute approximate surface area is 108 Å². The second kappa shape index (κ2) is 5.30. The van der Waals surface area contributed by atoms with Crippen LogP contribution in [0.15, 0.2) is 42.7 Å². The Morgan fingerprint density at radius 2 is 2.00 bits per heavy atom. The third-order valence-electron chi connectivity index (χ3n) is 2.41. The Bertz CT molecular complexity index is 653. The zero-order valence-electron chi connectivity index (χ0n) is 9.75. The molecule has 0 unspecified atom stereocenters. The summed E-state index contributed by atoms with van der Waals surface area (Å²) in [5.74, 6) is -1.15. The molecule has 0 aliphatic carbocycles. The Balaban J connectivity index is 2.23. The van der Waals surface area contributed by atoms with Crippen molar-refractivity contribution < 1.29 is 19.4 Å². The highest BCUT2D eigenvalue weighted by Crippen LogP contribution is 2.23. The summed E-state index contributed by atoms with van der Waals surface area (Å²) in [5, 5.41) is 18.8. The normalized spacial score (nSPS) is 10.8. The number of carbonyl (C=O) groups is 1. The summed E-state index contributed by atoms with van der Waals surface area (Å²) in [6.07, 6.45) is 4.76. The van der Waals surface area contributed by atoms with Crippen molar-refractivity contribution in [1.82, 2.24) is 4.98 Å². The van der Waals surface area contributed by atoms with E-state index in [1.807, 2.05) is 0 Å². The van der Waals surface area contributed by atoms with Gasteiger partial charge in [0.15, 0.2) is 5.78 Å². The molecule has 0 aliphatic heterocycles. The van der Waals surface area contributed by atoms with Crippen LogP contribution in [0.3, 0.4) is 0 Å². The molecular weight excluding hydrogens is 249 g/mol. The molecule has 1 aromatic heterocycles. The number of phenolic OH excluding ortho intramolecular Hbond substituents is 2. The highest BCUT2D eigenvalue weighted by atomic mass is 19.1. The molecule has 0 saturated heterocycles. The minimum absolute atomic E-state index is 0.0303. The quantitative estimate of drug-likeness (QED) is 0.505. The van der Waals surface area contributed by atoms with Gasteiger partial charge in [-0.25, -0.2) is 4.39 Å². The Hall–Kier alpha value is -2.69. The second-order valence-electron chi connectivity index (χ2n) is 3.83. The van der Waals surface area contributed by atoms with E-state index in [2.05, 4.69) is 4.98 Å². The van der Waals surface area contributed by atoms with Crippen molar-refractivity contribution in [2.75, 3.05) is 0 Å². The third kappa shape index (κ3) is 3.16. The van der Waals surface area contributed by atoms with Crippen molar-refractivity contribution >= 4 is 11.9 Å². The van der Waals surface area contributed by atoms with E-state index in [4.69, 9.17) is 0 Å². The number of pyridine rings is 1. The lowest BCUT2D eigenvalue weighted by molar-refractivity contribution is 0.104. The van der Waals surface area contributed by atoms with Crippen LogP contribution < -0.4 is 0 Å². The Morgan fingerprint density at radius 3 is 2.74 bits per heavy atom. The Kier molecular flexibility index (Phi) is 3.56. The Morgan fingerprint density at radius 1 is 1.21 bits per heavy atom. The number of hydrogen-bond acceptors (Lipinski definition) is 4. The first-order valence-corrected chi connectivity index (χ1v) is 5.41. The monoisotopic (exact) mass is 259 g/mol. The molecule has 4 nitrogen and oxygen atoms in total. The number of halogens is 1. The van der Waals surface area contributed by atoms with E-state index in [-0.39, 0.29) is 22.6 Å². The summed E-state index contributed by atoms with van der Waals surface area (Å²) in [4.78, 5) is 15.3. The van der Waals surface area contributed by atoms with Gasteiger partial charge >= 0.3 is 0 Å². The van der Waals surface area contributed by atoms with Crippen LogP contribution in [0.2, 0.25) is 0 Å². The number of hydrogen-bond donors (Lipinski definition) is 2. The number of nitrogens with zero attached hydrogens (tertiary/aromatic N) is 1. The van der Waals surface area contributed by atoms with Crippen LogP contribution in [0, 0.1) is 5.82 Å². The lowest BCUT2D eigenvalue weighted by Gasteiger charge is -1.99. The third-order valence-corrected chi connectivity index (χ3v) is 2.41. The van der Waals surface area contributed by atoms with Crippen molar-refractivity contribution in [1.29, 1.82) is 0 Å². The molecule has 19 heavy (non-hydrogen) atoms. The summed E-state index contributed by atoms with van der Waals surface area (Å²) in [7, 11) is 0. The molecule has 2 N–H and O–H groups in total. The van der Waals surface area contributed by atoms with Gasteiger partial charge < -0.3 is 10.2 Å². The molecule has 0 saturated carbocycles. The number of rotatable bonds is 3. The maximum Gasteiger partial charge on any atom is 0.187 e. The average molecular weight is 259 g/mol. The van der Waals surface area contributed by atoms with E-state index < -0.39 is 11.6 Å². The summed E-state index contributed by atoms with van der Waals surface area (Å²) in [6, 6.07) is 5.01. The van der Waals surface area contributed by atoms with Crippen LogP contribution in [-0.2, 0) is 0 Å². The number of ketones is 1. The van der Waals surface area contributed by atoms with Gasteiger partial charge in [0.1, 0.15) is 17.3 Å². The molecule has 0 fully saturated rings. The maximum absolute atomic E-state index is 12.9. The summed E-state index contributed by atoms with van der Waals surface area (Å²) in [5.41, 5.74) is 0.397. The molecule has 0 amide bonds. The van der Waals surface area contributed by atoms with E-state index in [1.54, 1.807) is 0 Å². The first-order chi connectivity index (χ1) is 9.06. The molecule has 0 bridgehead atoms. The van der Waals surface area contributed by atoms with Gasteiger partial charge in [0.05, 0.1) is 6.20 Å². The number of phenols is 2. The van der Waals surface area contributed by atoms with Gasteiger partial charge in [-0.3, -0.25) is 9.78 Å². The molecule has 1 heterocycles. The highest BCUT2D eigenvalue weighted by Gasteiger charge is 2.04. The largest absolute Gasteiger partial charge is 0.508 e. The van der Waals surface area contributed by atoms with Crippen LogP contribution in [0.4, 0.5) is 4.39 Å². The maximum atomic E-state index is 12.9. The molecule has 0 atom stereocenters. The van der Waals surface area contributed by atoms with Crippen LogP contribution in [-0.4, -0.2) is 21.0 Å². The van der Waals surface area contributed by atoms with Gasteiger partial charge in [-0.2, -0.15) is 0 Å². The molecule has 1 aromatic carbocycles. The zero-order valence-corrected chi connectivity index (χ0v) is 9.75. The molecule has 0 radical (unpaired) electrons. The van der Waals surface area contributed by atoms with E-state index in [0.29, 0.717) is 0 Å². The number of carbonyl (C=O) groups excluding carboxylic acids is 1. The minimum atomic E-state index is -0.598. The summed E-state index contributed by atoms with van der Waals surface area (Å²) in [6.45, 7) is 0. The lowest BCUT2D eigenvalue weighted by Crippen LogP contribution is -1.96. The van der Waals surface area contributed by atoms with Crippen LogP contribution >= 0.6 is 0 Å². The summed E-state index contributed by atoms with van der Waals surface area (Å²) >= 11 is 0. The lowest BCUT2D eigenvalue weighted by atomic mass is 10.1. The van der Waals surface area contributed by atoms with Gasteiger partial charge in [-0.05, 0) is 36.4 Å². The predicted molar refractivity (Wildman–Crippen MR) is 67.3 cm³/mol. The van der Waals surface area contributed by atoms with Crippen LogP contribution in [0.5, 0.6) is 11.5 Å². The standard InChI is InChI=1S/C14H10FNO3/c15-11-5-10(7-16-8-11)14(19)3-1-9-6-12(17)2-4-13(9)18/h1-8,17-18H. The number of aromatic hydroxyl groups is 2. The molecule has 0 spiro atoms. The first kappa shape index (κ1) is 12.8. The van der Waals surface area contributed by atoms with E-state index in [0.717, 1.165) is 12.3 Å². The van der Waals surface area contributed by atoms with Crippen molar-refractivity contribution in [3.05, 3.63) is 59.7 Å². The van der Waals surface area contributed by atoms with Crippen molar-refractivity contribution in [2.24, 2.45) is 0 Å². The predicted octanol–water partition coefficient (Wildman–Crippen LogP) is 2.53. The first-order valence-electron chi connectivity index (χ1n) is 5.41. The van der Waals surface area contributed by atoms with Gasteiger partial charge in [0.25, 0.3) is 0 Å². The van der Waals surface area contributed by atoms with Gasteiger partial charge in [0.2, 0.25) is 0 Å². The van der Waals surface area contributed by atoms with E-state index in [9.17, 15) is 19.4 Å². The average Bonchev–Trinajstić information content (AvgIpc) is 2.39. The minimum Gasteiger partial charge on any atom is -0.508 e. The van der Waals surface area contributed by atoms with Crippen molar-refractivity contribution in [2.45, 2.75) is 0 Å². The van der Waals surface area contributed by atoms with E-state index >= 15 is 0 Å². The molecule has 2 aromatic rings. The van der Waals surface area contributed by atoms with Gasteiger partial charge in [0, 0.05) is 17.3 Å². The second-order valence-corrected chi connectivity index (χ2v) is 3.83. The van der Waals surface area contributed by atoms with Crippen LogP contribution in [0.1, 0.15) is 15.9 Å². The topological polar surface area (TPSA) is 70.4 Å². The molecular formula is C14H10FNO3. The number of aromatic nitrogens is 1. The van der Waals surface area contributed by atoms with Crippen molar-refractivity contribution in [3.63, 3.8) is 0 Å². The fraction of sp³-hybridized carbons (Fsp3) is 0. The molecule has 5 heteroatoms. The van der Waals surface area contributed by atoms with E-state index in [1.165, 1.54) is 36.5 Å². The zero-order chi connectivity index (χ0) is 13.8. The molecule has 96 valence electrons. The van der Waals surface area contributed by atoms with Crippen molar-refractivity contribution in [3.8, 4) is 11.5 Å². The van der Waals surface area contributed by atoms with Gasteiger partial charge in [-0.15, -0.1) is 0 Å². The molecule has 2 rings (SSSR count). The highest BCUT2D eigenvalue weighted by molar-refractivity contribution is 6.06.